The summed E-state index contributed by atoms with van der Waals surface area (Å²) in [5.74, 6) is 2.26. The molecule has 0 bridgehead atoms. The molecule has 1 heterocycles. The summed E-state index contributed by atoms with van der Waals surface area (Å²) >= 11 is 6.06. The van der Waals surface area contributed by atoms with Crippen molar-refractivity contribution in [3.8, 4) is 0 Å². The van der Waals surface area contributed by atoms with E-state index in [9.17, 15) is 4.39 Å². The number of halogens is 2. The van der Waals surface area contributed by atoms with Crippen molar-refractivity contribution < 1.29 is 4.39 Å². The van der Waals surface area contributed by atoms with Gasteiger partial charge in [0.1, 0.15) is 22.6 Å². The van der Waals surface area contributed by atoms with Crippen molar-refractivity contribution >= 4 is 17.4 Å². The number of rotatable bonds is 4. The minimum absolute atomic E-state index is 0.181. The van der Waals surface area contributed by atoms with Crippen molar-refractivity contribution in [3.63, 3.8) is 0 Å². The Morgan fingerprint density at radius 3 is 2.81 bits per heavy atom. The van der Waals surface area contributed by atoms with Gasteiger partial charge in [-0.3, -0.25) is 0 Å². The Morgan fingerprint density at radius 1 is 1.19 bits per heavy atom. The summed E-state index contributed by atoms with van der Waals surface area (Å²) in [6.07, 6.45) is 3.29. The van der Waals surface area contributed by atoms with Crippen LogP contribution in [0, 0.1) is 5.82 Å². The van der Waals surface area contributed by atoms with Gasteiger partial charge in [-0.2, -0.15) is 0 Å². The largest absolute Gasteiger partial charge is 0.367 e. The average molecular weight is 304 g/mol. The first kappa shape index (κ1) is 13.0. The second-order valence-electron chi connectivity index (χ2n) is 5.86. The van der Waals surface area contributed by atoms with Gasteiger partial charge in [0.15, 0.2) is 0 Å². The van der Waals surface area contributed by atoms with Crippen molar-refractivity contribution in [1.82, 2.24) is 9.97 Å². The van der Waals surface area contributed by atoms with Gasteiger partial charge in [-0.25, -0.2) is 14.4 Å². The van der Waals surface area contributed by atoms with E-state index in [-0.39, 0.29) is 5.82 Å². The molecule has 1 N–H and O–H groups in total. The zero-order valence-corrected chi connectivity index (χ0v) is 12.1. The van der Waals surface area contributed by atoms with E-state index in [1.165, 1.54) is 6.07 Å². The van der Waals surface area contributed by atoms with Gasteiger partial charge in [-0.1, -0.05) is 23.7 Å². The molecule has 0 unspecified atom stereocenters. The third kappa shape index (κ3) is 2.86. The number of anilines is 1. The maximum atomic E-state index is 13.3. The third-order valence-corrected chi connectivity index (χ3v) is 4.25. The maximum absolute atomic E-state index is 13.3. The highest BCUT2D eigenvalue weighted by molar-refractivity contribution is 6.29. The Hall–Kier alpha value is -1.68. The van der Waals surface area contributed by atoms with E-state index in [1.54, 1.807) is 18.2 Å². The number of hydrogen-bond donors (Lipinski definition) is 1. The summed E-state index contributed by atoms with van der Waals surface area (Å²) in [5.41, 5.74) is 1.04. The molecule has 1 aromatic heterocycles. The van der Waals surface area contributed by atoms with Crippen LogP contribution in [-0.2, 0) is 0 Å². The summed E-state index contributed by atoms with van der Waals surface area (Å²) in [7, 11) is 0. The van der Waals surface area contributed by atoms with Crippen LogP contribution >= 0.6 is 11.6 Å². The smallest absolute Gasteiger partial charge is 0.135 e. The summed E-state index contributed by atoms with van der Waals surface area (Å²) in [4.78, 5) is 8.82. The molecule has 0 amide bonds. The van der Waals surface area contributed by atoms with E-state index in [2.05, 4.69) is 15.3 Å². The van der Waals surface area contributed by atoms with E-state index >= 15 is 0 Å². The second-order valence-corrected chi connectivity index (χ2v) is 6.24. The first-order valence-electron chi connectivity index (χ1n) is 7.25. The summed E-state index contributed by atoms with van der Waals surface area (Å²) in [6, 6.07) is 8.86. The van der Waals surface area contributed by atoms with Crippen molar-refractivity contribution in [2.45, 2.75) is 37.1 Å². The Bertz CT molecular complexity index is 687. The number of aromatic nitrogens is 2. The molecule has 2 atom stereocenters. The summed E-state index contributed by atoms with van der Waals surface area (Å²) in [5, 5.41) is 3.87. The van der Waals surface area contributed by atoms with Gasteiger partial charge in [0.05, 0.1) is 0 Å². The SMILES string of the molecule is Fc1cccc([C@@H]2C[C@H]2Nc2cc(Cl)nc(C3CC3)n2)c1. The molecule has 3 nitrogen and oxygen atoms in total. The fraction of sp³-hybridized carbons (Fsp3) is 0.375. The van der Waals surface area contributed by atoms with Gasteiger partial charge in [0.25, 0.3) is 0 Å². The Morgan fingerprint density at radius 2 is 2.05 bits per heavy atom. The van der Waals surface area contributed by atoms with Crippen LogP contribution < -0.4 is 5.32 Å². The lowest BCUT2D eigenvalue weighted by Gasteiger charge is -2.07. The van der Waals surface area contributed by atoms with E-state index < -0.39 is 0 Å². The third-order valence-electron chi connectivity index (χ3n) is 4.06. The minimum Gasteiger partial charge on any atom is -0.367 e. The summed E-state index contributed by atoms with van der Waals surface area (Å²) < 4.78 is 13.3. The number of nitrogens with zero attached hydrogens (tertiary/aromatic N) is 2. The lowest BCUT2D eigenvalue weighted by molar-refractivity contribution is 0.625. The molecular weight excluding hydrogens is 289 g/mol. The van der Waals surface area contributed by atoms with Gasteiger partial charge in [0, 0.05) is 23.9 Å². The fourth-order valence-electron chi connectivity index (χ4n) is 2.68. The normalized spacial score (nSPS) is 23.9. The van der Waals surface area contributed by atoms with Gasteiger partial charge >= 0.3 is 0 Å². The van der Waals surface area contributed by atoms with Crippen LogP contribution in [-0.4, -0.2) is 16.0 Å². The first-order valence-corrected chi connectivity index (χ1v) is 7.63. The molecule has 0 aliphatic heterocycles. The lowest BCUT2D eigenvalue weighted by Crippen LogP contribution is -2.08. The first-order chi connectivity index (χ1) is 10.2. The van der Waals surface area contributed by atoms with Crippen molar-refractivity contribution in [2.24, 2.45) is 0 Å². The van der Waals surface area contributed by atoms with Crippen molar-refractivity contribution in [1.29, 1.82) is 0 Å². The van der Waals surface area contributed by atoms with E-state index in [0.717, 1.165) is 36.5 Å². The zero-order chi connectivity index (χ0) is 14.4. The van der Waals surface area contributed by atoms with Crippen molar-refractivity contribution in [2.75, 3.05) is 5.32 Å². The molecule has 0 radical (unpaired) electrons. The van der Waals surface area contributed by atoms with Crippen LogP contribution in [0.3, 0.4) is 0 Å². The molecular formula is C16H15ClFN3. The monoisotopic (exact) mass is 303 g/mol. The molecule has 0 saturated heterocycles. The van der Waals surface area contributed by atoms with Gasteiger partial charge in [0.2, 0.25) is 0 Å². The highest BCUT2D eigenvalue weighted by Gasteiger charge is 2.39. The van der Waals surface area contributed by atoms with Crippen LogP contribution in [0.5, 0.6) is 0 Å². The van der Waals surface area contributed by atoms with Crippen LogP contribution in [0.15, 0.2) is 30.3 Å². The fourth-order valence-corrected chi connectivity index (χ4v) is 2.87. The molecule has 2 fully saturated rings. The van der Waals surface area contributed by atoms with Crippen LogP contribution in [0.1, 0.15) is 42.5 Å². The highest BCUT2D eigenvalue weighted by Crippen LogP contribution is 2.43. The van der Waals surface area contributed by atoms with Crippen LogP contribution in [0.2, 0.25) is 5.15 Å². The van der Waals surface area contributed by atoms with E-state index in [4.69, 9.17) is 11.6 Å². The quantitative estimate of drug-likeness (QED) is 0.864. The lowest BCUT2D eigenvalue weighted by atomic mass is 10.1. The number of benzene rings is 1. The topological polar surface area (TPSA) is 37.8 Å². The number of hydrogen-bond acceptors (Lipinski definition) is 3. The molecule has 2 aromatic rings. The molecule has 2 saturated carbocycles. The second kappa shape index (κ2) is 4.95. The predicted molar refractivity (Wildman–Crippen MR) is 80.2 cm³/mol. The Kier molecular flexibility index (Phi) is 3.07. The summed E-state index contributed by atoms with van der Waals surface area (Å²) in [6.45, 7) is 0. The molecule has 4 rings (SSSR count). The average Bonchev–Trinajstić information content (AvgIpc) is 3.33. The highest BCUT2D eigenvalue weighted by atomic mass is 35.5. The van der Waals surface area contributed by atoms with Crippen LogP contribution in [0.4, 0.5) is 10.2 Å². The van der Waals surface area contributed by atoms with E-state index in [1.807, 2.05) is 6.07 Å². The van der Waals surface area contributed by atoms with Gasteiger partial charge in [-0.15, -0.1) is 0 Å². The molecule has 1 aromatic carbocycles. The Labute approximate surface area is 127 Å². The molecule has 2 aliphatic carbocycles. The molecule has 0 spiro atoms. The van der Waals surface area contributed by atoms with Gasteiger partial charge < -0.3 is 5.32 Å². The zero-order valence-electron chi connectivity index (χ0n) is 11.4. The maximum Gasteiger partial charge on any atom is 0.135 e. The van der Waals surface area contributed by atoms with Crippen molar-refractivity contribution in [3.05, 3.63) is 52.7 Å². The Balaban J connectivity index is 1.48. The standard InChI is InChI=1S/C16H15ClFN3/c17-14-8-15(21-16(20-14)9-4-5-9)19-13-7-12(13)10-2-1-3-11(18)6-10/h1-3,6,8-9,12-13H,4-5,7H2,(H,19,20,21)/t12-,13+/m0/s1. The predicted octanol–water partition coefficient (Wildman–Crippen LogP) is 4.11. The van der Waals surface area contributed by atoms with Gasteiger partial charge in [-0.05, 0) is 37.0 Å². The van der Waals surface area contributed by atoms with Crippen LogP contribution in [0.25, 0.3) is 0 Å². The molecule has 2 aliphatic rings. The molecule has 108 valence electrons. The van der Waals surface area contributed by atoms with E-state index in [0.29, 0.717) is 23.0 Å². The minimum atomic E-state index is -0.181. The molecule has 21 heavy (non-hydrogen) atoms. The molecule has 5 heteroatoms. The number of nitrogens with one attached hydrogen (secondary N) is 1.